The number of aromatic nitrogens is 5. The first-order valence-electron chi connectivity index (χ1n) is 22.0. The zero-order valence-corrected chi connectivity index (χ0v) is 38.7. The molecule has 1 aromatic carbocycles. The van der Waals surface area contributed by atoms with E-state index in [-0.39, 0.29) is 42.9 Å². The van der Waals surface area contributed by atoms with Crippen molar-refractivity contribution >= 4 is 35.3 Å². The fourth-order valence-corrected chi connectivity index (χ4v) is 6.34. The highest BCUT2D eigenvalue weighted by Gasteiger charge is 2.30. The van der Waals surface area contributed by atoms with Crippen LogP contribution in [0.5, 0.6) is 0 Å². The summed E-state index contributed by atoms with van der Waals surface area (Å²) < 4.78 is 13.1. The van der Waals surface area contributed by atoms with E-state index in [2.05, 4.69) is 79.2 Å². The minimum atomic E-state index is -0.841. The molecule has 0 bridgehead atoms. The third-order valence-corrected chi connectivity index (χ3v) is 10.3. The summed E-state index contributed by atoms with van der Waals surface area (Å²) in [4.78, 5) is 59.4. The van der Waals surface area contributed by atoms with E-state index in [0.29, 0.717) is 30.6 Å². The highest BCUT2D eigenvalue weighted by Crippen LogP contribution is 2.23. The Morgan fingerprint density at radius 2 is 1.46 bits per heavy atom. The summed E-state index contributed by atoms with van der Waals surface area (Å²) >= 11 is 0. The summed E-state index contributed by atoms with van der Waals surface area (Å²) in [5.41, 5.74) is 3.29. The monoisotopic (exact) mass is 848 g/mol. The Morgan fingerprint density at radius 3 is 2.05 bits per heavy atom. The molecule has 4 N–H and O–H groups in total. The van der Waals surface area contributed by atoms with Gasteiger partial charge in [-0.1, -0.05) is 58.9 Å². The average Bonchev–Trinajstić information content (AvgIpc) is 3.67. The number of benzene rings is 1. The number of carbonyl (C=O) groups is 4. The summed E-state index contributed by atoms with van der Waals surface area (Å²) in [5, 5.41) is 20.5. The molecule has 0 fully saturated rings. The van der Waals surface area contributed by atoms with Gasteiger partial charge < -0.3 is 30.7 Å². The van der Waals surface area contributed by atoms with Crippen molar-refractivity contribution in [3.63, 3.8) is 0 Å². The van der Waals surface area contributed by atoms with Crippen molar-refractivity contribution in [2.24, 2.45) is 17.8 Å². The molecule has 0 radical (unpaired) electrons. The number of anilines is 2. The van der Waals surface area contributed by atoms with Crippen molar-refractivity contribution in [1.82, 2.24) is 35.6 Å². The molecule has 0 saturated heterocycles. The predicted octanol–water partition coefficient (Wildman–Crippen LogP) is 6.95. The minimum Gasteiger partial charge on any atom is -0.461 e. The molecule has 2 heterocycles. The molecule has 0 aliphatic carbocycles. The van der Waals surface area contributed by atoms with E-state index in [0.717, 1.165) is 80.1 Å². The van der Waals surface area contributed by atoms with E-state index >= 15 is 0 Å². The molecule has 0 aliphatic rings. The van der Waals surface area contributed by atoms with Crippen molar-refractivity contribution in [3.8, 4) is 0 Å². The van der Waals surface area contributed by atoms with Crippen molar-refractivity contribution in [2.45, 2.75) is 158 Å². The summed E-state index contributed by atoms with van der Waals surface area (Å²) in [7, 11) is 0. The second-order valence-electron chi connectivity index (χ2n) is 18.5. The Morgan fingerprint density at radius 1 is 0.820 bits per heavy atom. The SMILES string of the molecule is CC(=O)OCc1ccc(NC(=O)CNC(=O)C(NC(=O)CC(C)(C)OCCC(C)(C)n2cc(CCCCNc3nc(CCC(C)C)cc(CCC(C)C)n3)nn2)C(C)C)cc1. The predicted molar refractivity (Wildman–Crippen MR) is 239 cm³/mol. The number of carbonyl (C=O) groups excluding carboxylic acids is 4. The van der Waals surface area contributed by atoms with Crippen LogP contribution in [-0.2, 0) is 60.1 Å². The number of unbranched alkanes of at least 4 members (excludes halogenated alkanes) is 1. The van der Waals surface area contributed by atoms with Gasteiger partial charge in [-0.3, -0.25) is 19.2 Å². The van der Waals surface area contributed by atoms with Crippen molar-refractivity contribution < 1.29 is 28.7 Å². The topological polar surface area (TPSA) is 191 Å². The van der Waals surface area contributed by atoms with Gasteiger partial charge >= 0.3 is 5.97 Å². The van der Waals surface area contributed by atoms with E-state index in [1.807, 2.05) is 38.6 Å². The number of nitrogens with zero attached hydrogens (tertiary/aromatic N) is 5. The van der Waals surface area contributed by atoms with Gasteiger partial charge in [0.1, 0.15) is 12.6 Å². The van der Waals surface area contributed by atoms with E-state index < -0.39 is 23.5 Å². The quantitative estimate of drug-likeness (QED) is 0.0459. The molecule has 3 aromatic rings. The van der Waals surface area contributed by atoms with Gasteiger partial charge in [0.05, 0.1) is 29.8 Å². The molecule has 15 nitrogen and oxygen atoms in total. The van der Waals surface area contributed by atoms with Gasteiger partial charge in [0.15, 0.2) is 0 Å². The van der Waals surface area contributed by atoms with Gasteiger partial charge in [0, 0.05) is 43.3 Å². The van der Waals surface area contributed by atoms with Crippen molar-refractivity contribution in [2.75, 3.05) is 30.3 Å². The highest BCUT2D eigenvalue weighted by atomic mass is 16.5. The Labute approximate surface area is 363 Å². The lowest BCUT2D eigenvalue weighted by Gasteiger charge is -2.30. The third-order valence-electron chi connectivity index (χ3n) is 10.3. The van der Waals surface area contributed by atoms with Crippen LogP contribution in [0, 0.1) is 17.8 Å². The maximum atomic E-state index is 13.2. The van der Waals surface area contributed by atoms with E-state index in [9.17, 15) is 19.2 Å². The van der Waals surface area contributed by atoms with E-state index in [1.54, 1.807) is 24.3 Å². The van der Waals surface area contributed by atoms with Gasteiger partial charge in [0.2, 0.25) is 23.7 Å². The second-order valence-corrected chi connectivity index (χ2v) is 18.5. The fraction of sp³-hybridized carbons (Fsp3) is 0.652. The van der Waals surface area contributed by atoms with Crippen LogP contribution < -0.4 is 21.3 Å². The Balaban J connectivity index is 1.40. The number of amides is 3. The maximum absolute atomic E-state index is 13.2. The largest absolute Gasteiger partial charge is 0.461 e. The van der Waals surface area contributed by atoms with Crippen LogP contribution in [0.4, 0.5) is 11.6 Å². The molecule has 1 atom stereocenters. The summed E-state index contributed by atoms with van der Waals surface area (Å²) in [6, 6.07) is 8.17. The standard InChI is InChI=1S/C46H73N9O6/c1-31(2)15-19-37-26-38(20-16-32(3)4)51-44(50-37)47-24-13-12-14-39-29-55(54-53-39)45(8,9)23-25-61-46(10,11)27-40(57)52-42(33(5)6)43(59)48-28-41(58)49-36-21-17-35(18-22-36)30-60-34(7)56/h17-18,21-22,26,29,31-33,42H,12-16,19-20,23-25,27-28,30H2,1-11H3,(H,48,59)(H,49,58)(H,52,57)(H,47,50,51). The molecule has 0 saturated carbocycles. The van der Waals surface area contributed by atoms with Crippen LogP contribution in [0.3, 0.4) is 0 Å². The molecule has 15 heteroatoms. The molecule has 0 spiro atoms. The summed E-state index contributed by atoms with van der Waals surface area (Å²) in [6.45, 7) is 22.9. The van der Waals surface area contributed by atoms with Crippen LogP contribution in [-0.4, -0.2) is 80.0 Å². The lowest BCUT2D eigenvalue weighted by Crippen LogP contribution is -2.52. The normalized spacial score (nSPS) is 12.4. The average molecular weight is 848 g/mol. The minimum absolute atomic E-state index is 0.0369. The molecule has 0 aliphatic heterocycles. The van der Waals surface area contributed by atoms with Crippen LogP contribution in [0.1, 0.15) is 137 Å². The van der Waals surface area contributed by atoms with Crippen LogP contribution in [0.15, 0.2) is 36.5 Å². The first-order chi connectivity index (χ1) is 28.7. The number of nitrogens with one attached hydrogen (secondary N) is 4. The number of aryl methyl sites for hydroxylation is 3. The van der Waals surface area contributed by atoms with Crippen LogP contribution in [0.2, 0.25) is 0 Å². The first-order valence-corrected chi connectivity index (χ1v) is 22.0. The number of hydrogen-bond donors (Lipinski definition) is 4. The third kappa shape index (κ3) is 19.6. The number of ether oxygens (including phenoxy) is 2. The molecule has 3 rings (SSSR count). The molecule has 61 heavy (non-hydrogen) atoms. The number of rotatable bonds is 27. The molecule has 3 amide bonds. The Kier molecular flexibility index (Phi) is 20.3. The van der Waals surface area contributed by atoms with Crippen molar-refractivity contribution in [1.29, 1.82) is 0 Å². The van der Waals surface area contributed by atoms with Gasteiger partial charge in [0.25, 0.3) is 0 Å². The van der Waals surface area contributed by atoms with Gasteiger partial charge in [-0.25, -0.2) is 14.6 Å². The van der Waals surface area contributed by atoms with E-state index in [1.165, 1.54) is 6.92 Å². The summed E-state index contributed by atoms with van der Waals surface area (Å²) in [5.74, 6) is 0.164. The van der Waals surface area contributed by atoms with Crippen LogP contribution >= 0.6 is 0 Å². The molecular weight excluding hydrogens is 775 g/mol. The highest BCUT2D eigenvalue weighted by molar-refractivity contribution is 5.96. The summed E-state index contributed by atoms with van der Waals surface area (Å²) in [6.07, 6.45) is 9.53. The maximum Gasteiger partial charge on any atom is 0.302 e. The van der Waals surface area contributed by atoms with Gasteiger partial charge in [-0.2, -0.15) is 0 Å². The lowest BCUT2D eigenvalue weighted by atomic mass is 9.99. The van der Waals surface area contributed by atoms with Gasteiger partial charge in [-0.05, 0) is 121 Å². The number of esters is 1. The molecule has 2 aromatic heterocycles. The van der Waals surface area contributed by atoms with Crippen LogP contribution in [0.25, 0.3) is 0 Å². The fourth-order valence-electron chi connectivity index (χ4n) is 6.34. The Hall–Kier alpha value is -4.92. The smallest absolute Gasteiger partial charge is 0.302 e. The zero-order valence-electron chi connectivity index (χ0n) is 38.7. The molecule has 338 valence electrons. The molecular formula is C46H73N9O6. The van der Waals surface area contributed by atoms with E-state index in [4.69, 9.17) is 19.4 Å². The zero-order chi connectivity index (χ0) is 45.2. The lowest BCUT2D eigenvalue weighted by molar-refractivity contribution is -0.142. The van der Waals surface area contributed by atoms with Crippen molar-refractivity contribution in [3.05, 3.63) is 59.2 Å². The molecule has 1 unspecified atom stereocenters. The number of hydrogen-bond acceptors (Lipinski definition) is 11. The first kappa shape index (κ1) is 50.4. The van der Waals surface area contributed by atoms with Gasteiger partial charge in [-0.15, -0.1) is 5.10 Å². The Bertz CT molecular complexity index is 1810. The second kappa shape index (κ2) is 24.5.